The third-order valence-corrected chi connectivity index (χ3v) is 3.48. The summed E-state index contributed by atoms with van der Waals surface area (Å²) in [6.07, 6.45) is 0. The maximum atomic E-state index is 11.9. The molecule has 2 aromatic carbocycles. The first kappa shape index (κ1) is 18.0. The molecule has 25 heavy (non-hydrogen) atoms. The van der Waals surface area contributed by atoms with Crippen LogP contribution in [0.5, 0.6) is 0 Å². The molecule has 0 aliphatic heterocycles. The SMILES string of the molecule is CNC(=O)c1cccc(NC(=O)COC(=O)c2ccc(C)c(N)c2)c1. The van der Waals surface area contributed by atoms with Crippen molar-refractivity contribution in [2.45, 2.75) is 6.92 Å². The van der Waals surface area contributed by atoms with E-state index >= 15 is 0 Å². The number of esters is 1. The molecule has 0 saturated carbocycles. The Kier molecular flexibility index (Phi) is 5.73. The van der Waals surface area contributed by atoms with Gasteiger partial charge in [0.25, 0.3) is 11.8 Å². The fourth-order valence-electron chi connectivity index (χ4n) is 2.06. The molecule has 7 heteroatoms. The summed E-state index contributed by atoms with van der Waals surface area (Å²) in [5.41, 5.74) is 8.19. The summed E-state index contributed by atoms with van der Waals surface area (Å²) in [5, 5.41) is 5.07. The van der Waals surface area contributed by atoms with Gasteiger partial charge in [0.05, 0.1) is 5.56 Å². The molecule has 4 N–H and O–H groups in total. The van der Waals surface area contributed by atoms with Crippen LogP contribution in [-0.2, 0) is 9.53 Å². The Hall–Kier alpha value is -3.35. The lowest BCUT2D eigenvalue weighted by Crippen LogP contribution is -2.22. The number of aryl methyl sites for hydroxylation is 1. The molecule has 0 aliphatic carbocycles. The van der Waals surface area contributed by atoms with Crippen molar-refractivity contribution >= 4 is 29.2 Å². The van der Waals surface area contributed by atoms with Gasteiger partial charge < -0.3 is 21.1 Å². The van der Waals surface area contributed by atoms with Gasteiger partial charge in [-0.3, -0.25) is 9.59 Å². The monoisotopic (exact) mass is 341 g/mol. The second-order valence-electron chi connectivity index (χ2n) is 5.36. The van der Waals surface area contributed by atoms with Crippen LogP contribution in [0.25, 0.3) is 0 Å². The second kappa shape index (κ2) is 7.96. The van der Waals surface area contributed by atoms with Crippen molar-refractivity contribution in [1.29, 1.82) is 0 Å². The molecule has 0 heterocycles. The first-order valence-electron chi connectivity index (χ1n) is 7.56. The quantitative estimate of drug-likeness (QED) is 0.567. The van der Waals surface area contributed by atoms with E-state index in [-0.39, 0.29) is 11.5 Å². The number of rotatable bonds is 5. The molecule has 130 valence electrons. The van der Waals surface area contributed by atoms with Crippen LogP contribution in [-0.4, -0.2) is 31.4 Å². The zero-order valence-corrected chi connectivity index (χ0v) is 14.0. The molecule has 0 radical (unpaired) electrons. The van der Waals surface area contributed by atoms with Crippen molar-refractivity contribution in [1.82, 2.24) is 5.32 Å². The normalized spacial score (nSPS) is 10.0. The molecule has 0 aliphatic rings. The Morgan fingerprint density at radius 2 is 1.84 bits per heavy atom. The third-order valence-electron chi connectivity index (χ3n) is 3.48. The van der Waals surface area contributed by atoms with Crippen LogP contribution in [0.2, 0.25) is 0 Å². The molecular formula is C18H19N3O4. The van der Waals surface area contributed by atoms with Gasteiger partial charge in [0, 0.05) is 24.0 Å². The summed E-state index contributed by atoms with van der Waals surface area (Å²) < 4.78 is 4.97. The van der Waals surface area contributed by atoms with Crippen molar-refractivity contribution in [3.63, 3.8) is 0 Å². The summed E-state index contributed by atoms with van der Waals surface area (Å²) in [6.45, 7) is 1.38. The first-order chi connectivity index (χ1) is 11.9. The van der Waals surface area contributed by atoms with Crippen molar-refractivity contribution in [3.05, 3.63) is 59.2 Å². The summed E-state index contributed by atoms with van der Waals surface area (Å²) in [4.78, 5) is 35.4. The van der Waals surface area contributed by atoms with E-state index in [9.17, 15) is 14.4 Å². The average molecular weight is 341 g/mol. The Morgan fingerprint density at radius 3 is 2.52 bits per heavy atom. The predicted molar refractivity (Wildman–Crippen MR) is 94.3 cm³/mol. The number of nitrogen functional groups attached to an aromatic ring is 1. The highest BCUT2D eigenvalue weighted by Crippen LogP contribution is 2.14. The van der Waals surface area contributed by atoms with Crippen LogP contribution in [0, 0.1) is 6.92 Å². The van der Waals surface area contributed by atoms with Crippen LogP contribution >= 0.6 is 0 Å². The van der Waals surface area contributed by atoms with Crippen LogP contribution in [0.3, 0.4) is 0 Å². The molecule has 0 atom stereocenters. The summed E-state index contributed by atoms with van der Waals surface area (Å²) in [7, 11) is 1.52. The lowest BCUT2D eigenvalue weighted by Gasteiger charge is -2.08. The van der Waals surface area contributed by atoms with Crippen LogP contribution in [0.1, 0.15) is 26.3 Å². The molecule has 0 spiro atoms. The van der Waals surface area contributed by atoms with E-state index < -0.39 is 18.5 Å². The fourth-order valence-corrected chi connectivity index (χ4v) is 2.06. The lowest BCUT2D eigenvalue weighted by molar-refractivity contribution is -0.119. The molecule has 0 fully saturated rings. The molecule has 7 nitrogen and oxygen atoms in total. The third kappa shape index (κ3) is 4.81. The molecule has 0 bridgehead atoms. The maximum Gasteiger partial charge on any atom is 0.338 e. The number of carbonyl (C=O) groups excluding carboxylic acids is 3. The summed E-state index contributed by atoms with van der Waals surface area (Å²) >= 11 is 0. The summed E-state index contributed by atoms with van der Waals surface area (Å²) in [5.74, 6) is -1.41. The number of hydrogen-bond donors (Lipinski definition) is 3. The van der Waals surface area contributed by atoms with Crippen molar-refractivity contribution < 1.29 is 19.1 Å². The number of amides is 2. The van der Waals surface area contributed by atoms with E-state index in [1.54, 1.807) is 30.3 Å². The number of benzene rings is 2. The maximum absolute atomic E-state index is 11.9. The first-order valence-corrected chi connectivity index (χ1v) is 7.56. The number of nitrogens with one attached hydrogen (secondary N) is 2. The van der Waals surface area contributed by atoms with E-state index in [1.807, 2.05) is 6.92 Å². The number of carbonyl (C=O) groups is 3. The number of anilines is 2. The smallest absolute Gasteiger partial charge is 0.338 e. The van der Waals surface area contributed by atoms with E-state index in [4.69, 9.17) is 10.5 Å². The number of hydrogen-bond acceptors (Lipinski definition) is 5. The highest BCUT2D eigenvalue weighted by atomic mass is 16.5. The van der Waals surface area contributed by atoms with Gasteiger partial charge in [0.1, 0.15) is 0 Å². The van der Waals surface area contributed by atoms with Gasteiger partial charge in [-0.15, -0.1) is 0 Å². The van der Waals surface area contributed by atoms with E-state index in [0.717, 1.165) is 5.56 Å². The van der Waals surface area contributed by atoms with E-state index in [1.165, 1.54) is 19.2 Å². The number of ether oxygens (including phenoxy) is 1. The molecule has 2 amide bonds. The molecule has 2 aromatic rings. The highest BCUT2D eigenvalue weighted by Gasteiger charge is 2.12. The topological polar surface area (TPSA) is 111 Å². The Bertz CT molecular complexity index is 818. The van der Waals surface area contributed by atoms with Crippen LogP contribution in [0.4, 0.5) is 11.4 Å². The standard InChI is InChI=1S/C18H19N3O4/c1-11-6-7-13(9-15(11)19)18(24)25-10-16(22)21-14-5-3-4-12(8-14)17(23)20-2/h3-9H,10,19H2,1-2H3,(H,20,23)(H,21,22). The van der Waals surface area contributed by atoms with Gasteiger partial charge in [-0.05, 0) is 42.8 Å². The van der Waals surface area contributed by atoms with Crippen LogP contribution < -0.4 is 16.4 Å². The fraction of sp³-hybridized carbons (Fsp3) is 0.167. The minimum absolute atomic E-state index is 0.264. The Balaban J connectivity index is 1.93. The Morgan fingerprint density at radius 1 is 1.08 bits per heavy atom. The van der Waals surface area contributed by atoms with Crippen molar-refractivity contribution in [2.75, 3.05) is 24.7 Å². The van der Waals surface area contributed by atoms with Gasteiger partial charge in [0.2, 0.25) is 0 Å². The molecule has 0 unspecified atom stereocenters. The summed E-state index contributed by atoms with van der Waals surface area (Å²) in [6, 6.07) is 11.2. The zero-order chi connectivity index (χ0) is 18.4. The molecule has 2 rings (SSSR count). The van der Waals surface area contributed by atoms with Gasteiger partial charge in [-0.1, -0.05) is 12.1 Å². The molecule has 0 saturated heterocycles. The molecule has 0 aromatic heterocycles. The predicted octanol–water partition coefficient (Wildman–Crippen LogP) is 1.73. The van der Waals surface area contributed by atoms with Gasteiger partial charge in [-0.25, -0.2) is 4.79 Å². The largest absolute Gasteiger partial charge is 0.452 e. The van der Waals surface area contributed by atoms with Crippen molar-refractivity contribution in [2.24, 2.45) is 0 Å². The zero-order valence-electron chi connectivity index (χ0n) is 14.0. The van der Waals surface area contributed by atoms with E-state index in [0.29, 0.717) is 16.9 Å². The second-order valence-corrected chi connectivity index (χ2v) is 5.36. The van der Waals surface area contributed by atoms with Crippen molar-refractivity contribution in [3.8, 4) is 0 Å². The highest BCUT2D eigenvalue weighted by molar-refractivity contribution is 5.98. The number of nitrogens with two attached hydrogens (primary N) is 1. The minimum Gasteiger partial charge on any atom is -0.452 e. The van der Waals surface area contributed by atoms with Crippen LogP contribution in [0.15, 0.2) is 42.5 Å². The molecular weight excluding hydrogens is 322 g/mol. The van der Waals surface area contributed by atoms with E-state index in [2.05, 4.69) is 10.6 Å². The van der Waals surface area contributed by atoms with Gasteiger partial charge in [0.15, 0.2) is 6.61 Å². The van der Waals surface area contributed by atoms with Gasteiger partial charge >= 0.3 is 5.97 Å². The van der Waals surface area contributed by atoms with Gasteiger partial charge in [-0.2, -0.15) is 0 Å². The Labute approximate surface area is 145 Å². The lowest BCUT2D eigenvalue weighted by atomic mass is 10.1. The average Bonchev–Trinajstić information content (AvgIpc) is 2.61. The minimum atomic E-state index is -0.638.